The van der Waals surface area contributed by atoms with Gasteiger partial charge in [-0.1, -0.05) is 0 Å². The van der Waals surface area contributed by atoms with Gasteiger partial charge in [-0.25, -0.2) is 4.39 Å². The lowest BCUT2D eigenvalue weighted by atomic mass is 10.1. The van der Waals surface area contributed by atoms with Gasteiger partial charge in [-0.2, -0.15) is 13.2 Å². The molecular weight excluding hydrogens is 232 g/mol. The summed E-state index contributed by atoms with van der Waals surface area (Å²) in [4.78, 5) is 9.31. The number of hydrogen-bond acceptors (Lipinski definition) is 3. The number of hydrogen-bond donors (Lipinski definition) is 1. The highest BCUT2D eigenvalue weighted by Crippen LogP contribution is 2.32. The van der Waals surface area contributed by atoms with E-state index >= 15 is 0 Å². The van der Waals surface area contributed by atoms with Crippen molar-refractivity contribution < 1.29 is 22.5 Å². The Balaban J connectivity index is 3.13. The van der Waals surface area contributed by atoms with E-state index < -0.39 is 34.2 Å². The zero-order valence-electron chi connectivity index (χ0n) is 7.66. The number of benzene rings is 1. The minimum absolute atomic E-state index is 0.404. The van der Waals surface area contributed by atoms with Crippen LogP contribution in [0, 0.1) is 15.9 Å². The van der Waals surface area contributed by atoms with Crippen LogP contribution in [-0.4, -0.2) is 11.1 Å². The van der Waals surface area contributed by atoms with Crippen LogP contribution < -0.4 is 5.73 Å². The second-order valence-corrected chi connectivity index (χ2v) is 2.98. The van der Waals surface area contributed by atoms with E-state index in [2.05, 4.69) is 0 Å². The molecule has 88 valence electrons. The third-order valence-electron chi connectivity index (χ3n) is 1.88. The Morgan fingerprint density at radius 2 is 1.94 bits per heavy atom. The zero-order valence-corrected chi connectivity index (χ0v) is 7.66. The van der Waals surface area contributed by atoms with Gasteiger partial charge in [-0.3, -0.25) is 10.1 Å². The van der Waals surface area contributed by atoms with E-state index in [1.807, 2.05) is 0 Å². The van der Waals surface area contributed by atoms with Crippen molar-refractivity contribution in [2.75, 3.05) is 0 Å². The Labute approximate surface area is 86.8 Å². The number of nitro groups is 1. The predicted octanol–water partition coefficient (Wildman–Crippen LogP) is 2.30. The van der Waals surface area contributed by atoms with Gasteiger partial charge in [-0.05, 0) is 6.07 Å². The van der Waals surface area contributed by atoms with E-state index in [9.17, 15) is 27.7 Å². The molecule has 0 saturated heterocycles. The number of nitro benzene ring substituents is 1. The molecule has 0 aliphatic carbocycles. The molecule has 0 unspecified atom stereocenters. The fourth-order valence-corrected chi connectivity index (χ4v) is 1.06. The Bertz CT molecular complexity index is 419. The average Bonchev–Trinajstić information content (AvgIpc) is 2.15. The van der Waals surface area contributed by atoms with Gasteiger partial charge < -0.3 is 5.73 Å². The third kappa shape index (κ3) is 2.45. The van der Waals surface area contributed by atoms with Crippen molar-refractivity contribution in [3.63, 3.8) is 0 Å². The van der Waals surface area contributed by atoms with Crippen LogP contribution in [0.2, 0.25) is 0 Å². The van der Waals surface area contributed by atoms with Crippen LogP contribution in [0.4, 0.5) is 23.2 Å². The molecule has 1 atom stereocenters. The average molecular weight is 238 g/mol. The van der Waals surface area contributed by atoms with Crippen LogP contribution in [-0.2, 0) is 0 Å². The molecule has 0 aliphatic rings. The van der Waals surface area contributed by atoms with Crippen LogP contribution in [0.25, 0.3) is 0 Å². The number of non-ortho nitro benzene ring substituents is 1. The minimum atomic E-state index is -4.79. The molecule has 1 rings (SSSR count). The molecule has 0 saturated carbocycles. The van der Waals surface area contributed by atoms with Crippen molar-refractivity contribution in [2.45, 2.75) is 12.2 Å². The number of nitrogens with two attached hydrogens (primary N) is 1. The van der Waals surface area contributed by atoms with Gasteiger partial charge in [0.1, 0.15) is 11.9 Å². The maximum Gasteiger partial charge on any atom is 0.407 e. The van der Waals surface area contributed by atoms with E-state index in [1.54, 1.807) is 0 Å². The number of alkyl halides is 3. The summed E-state index contributed by atoms with van der Waals surface area (Å²) in [6, 6.07) is -0.662. The van der Waals surface area contributed by atoms with E-state index in [4.69, 9.17) is 5.73 Å². The second kappa shape index (κ2) is 4.05. The molecule has 16 heavy (non-hydrogen) atoms. The summed E-state index contributed by atoms with van der Waals surface area (Å²) in [5, 5.41) is 10.2. The molecule has 0 bridgehead atoms. The highest BCUT2D eigenvalue weighted by molar-refractivity contribution is 5.35. The van der Waals surface area contributed by atoms with Gasteiger partial charge >= 0.3 is 6.18 Å². The Morgan fingerprint density at radius 3 is 2.31 bits per heavy atom. The number of rotatable bonds is 2. The van der Waals surface area contributed by atoms with Crippen LogP contribution >= 0.6 is 0 Å². The van der Waals surface area contributed by atoms with E-state index in [-0.39, 0.29) is 0 Å². The van der Waals surface area contributed by atoms with Crippen molar-refractivity contribution in [2.24, 2.45) is 5.73 Å². The highest BCUT2D eigenvalue weighted by atomic mass is 19.4. The number of nitrogens with zero attached hydrogens (tertiary/aromatic N) is 1. The molecule has 0 radical (unpaired) electrons. The lowest BCUT2D eigenvalue weighted by Gasteiger charge is -2.16. The van der Waals surface area contributed by atoms with Gasteiger partial charge in [-0.15, -0.1) is 0 Å². The first-order chi connectivity index (χ1) is 7.23. The molecule has 1 aromatic rings. The topological polar surface area (TPSA) is 69.2 Å². The molecular formula is C8H6F4N2O2. The lowest BCUT2D eigenvalue weighted by molar-refractivity contribution is -0.385. The number of halogens is 4. The smallest absolute Gasteiger partial charge is 0.316 e. The van der Waals surface area contributed by atoms with Crippen molar-refractivity contribution in [3.05, 3.63) is 39.7 Å². The molecule has 2 N–H and O–H groups in total. The van der Waals surface area contributed by atoms with Crippen LogP contribution in [0.3, 0.4) is 0 Å². The summed E-state index contributed by atoms with van der Waals surface area (Å²) >= 11 is 0. The van der Waals surface area contributed by atoms with Gasteiger partial charge in [0.25, 0.3) is 5.69 Å². The minimum Gasteiger partial charge on any atom is -0.316 e. The van der Waals surface area contributed by atoms with Crippen LogP contribution in [0.1, 0.15) is 11.6 Å². The third-order valence-corrected chi connectivity index (χ3v) is 1.88. The molecule has 1 aromatic carbocycles. The summed E-state index contributed by atoms with van der Waals surface area (Å²) in [5.41, 5.74) is 3.31. The normalized spacial score (nSPS) is 13.6. The summed E-state index contributed by atoms with van der Waals surface area (Å²) < 4.78 is 49.6. The first-order valence-corrected chi connectivity index (χ1v) is 3.99. The van der Waals surface area contributed by atoms with Crippen molar-refractivity contribution in [1.82, 2.24) is 0 Å². The molecule has 0 heterocycles. The van der Waals surface area contributed by atoms with Crippen molar-refractivity contribution in [1.29, 1.82) is 0 Å². The maximum atomic E-state index is 13.1. The zero-order chi connectivity index (χ0) is 12.5. The van der Waals surface area contributed by atoms with Crippen LogP contribution in [0.5, 0.6) is 0 Å². The molecule has 0 aromatic heterocycles. The molecule has 8 heteroatoms. The second-order valence-electron chi connectivity index (χ2n) is 2.98. The molecule has 4 nitrogen and oxygen atoms in total. The van der Waals surface area contributed by atoms with Gasteiger partial charge in [0.15, 0.2) is 0 Å². The molecule has 0 aliphatic heterocycles. The standard InChI is InChI=1S/C8H6F4N2O2/c9-6-3-4(14(15)16)1-2-5(6)7(13)8(10,11)12/h1-3,7H,13H2/t7-/m1/s1. The van der Waals surface area contributed by atoms with Gasteiger partial charge in [0, 0.05) is 11.6 Å². The quantitative estimate of drug-likeness (QED) is 0.488. The lowest BCUT2D eigenvalue weighted by Crippen LogP contribution is -2.29. The largest absolute Gasteiger partial charge is 0.407 e. The monoisotopic (exact) mass is 238 g/mol. The fraction of sp³-hybridized carbons (Fsp3) is 0.250. The maximum absolute atomic E-state index is 13.1. The Hall–Kier alpha value is -1.70. The SMILES string of the molecule is N[C@H](c1ccc([N+](=O)[O-])cc1F)C(F)(F)F. The summed E-state index contributed by atoms with van der Waals surface area (Å²) in [6.45, 7) is 0. The van der Waals surface area contributed by atoms with Crippen LogP contribution in [0.15, 0.2) is 18.2 Å². The summed E-state index contributed by atoms with van der Waals surface area (Å²) in [6.07, 6.45) is -4.79. The molecule has 0 amide bonds. The summed E-state index contributed by atoms with van der Waals surface area (Å²) in [7, 11) is 0. The fourth-order valence-electron chi connectivity index (χ4n) is 1.06. The highest BCUT2D eigenvalue weighted by Gasteiger charge is 2.39. The Kier molecular flexibility index (Phi) is 3.13. The van der Waals surface area contributed by atoms with Gasteiger partial charge in [0.2, 0.25) is 0 Å². The van der Waals surface area contributed by atoms with E-state index in [0.29, 0.717) is 12.1 Å². The molecule has 0 spiro atoms. The Morgan fingerprint density at radius 1 is 1.38 bits per heavy atom. The van der Waals surface area contributed by atoms with E-state index in [1.165, 1.54) is 0 Å². The summed E-state index contributed by atoms with van der Waals surface area (Å²) in [5.74, 6) is -1.35. The van der Waals surface area contributed by atoms with Crippen molar-refractivity contribution in [3.8, 4) is 0 Å². The first kappa shape index (κ1) is 12.4. The van der Waals surface area contributed by atoms with E-state index in [0.717, 1.165) is 6.07 Å². The van der Waals surface area contributed by atoms with Gasteiger partial charge in [0.05, 0.1) is 11.0 Å². The predicted molar refractivity (Wildman–Crippen MR) is 46.0 cm³/mol. The molecule has 0 fully saturated rings. The van der Waals surface area contributed by atoms with Crippen molar-refractivity contribution >= 4 is 5.69 Å². The first-order valence-electron chi connectivity index (χ1n) is 3.99.